The lowest BCUT2D eigenvalue weighted by Crippen LogP contribution is -2.14. The number of allylic oxidation sites excluding steroid dienone is 1. The summed E-state index contributed by atoms with van der Waals surface area (Å²) in [6.07, 6.45) is 2.47. The number of amides is 1. The summed E-state index contributed by atoms with van der Waals surface area (Å²) in [7, 11) is 0. The summed E-state index contributed by atoms with van der Waals surface area (Å²) in [5.41, 5.74) is 1.80. The van der Waals surface area contributed by atoms with E-state index in [1.54, 1.807) is 24.3 Å². The average molecular weight is 478 g/mol. The fourth-order valence-corrected chi connectivity index (χ4v) is 3.74. The van der Waals surface area contributed by atoms with E-state index in [0.29, 0.717) is 28.8 Å². The first-order valence-corrected chi connectivity index (χ1v) is 10.7. The first kappa shape index (κ1) is 20.6. The fraction of sp³-hybridized carbons (Fsp3) is 0.150. The van der Waals surface area contributed by atoms with Crippen LogP contribution >= 0.6 is 39.3 Å². The van der Waals surface area contributed by atoms with E-state index in [1.807, 2.05) is 22.8 Å². The maximum absolute atomic E-state index is 12.3. The molecule has 0 saturated heterocycles. The van der Waals surface area contributed by atoms with Crippen molar-refractivity contribution in [2.45, 2.75) is 18.1 Å². The zero-order valence-corrected chi connectivity index (χ0v) is 18.1. The maximum Gasteiger partial charge on any atom is 0.234 e. The topological polar surface area (TPSA) is 59.8 Å². The third kappa shape index (κ3) is 5.47. The summed E-state index contributed by atoms with van der Waals surface area (Å²) >= 11 is 10.7. The van der Waals surface area contributed by atoms with Crippen LogP contribution < -0.4 is 5.32 Å². The predicted molar refractivity (Wildman–Crippen MR) is 118 cm³/mol. The normalized spacial score (nSPS) is 10.6. The van der Waals surface area contributed by atoms with Crippen LogP contribution in [0.15, 0.2) is 70.8 Å². The zero-order chi connectivity index (χ0) is 19.9. The number of rotatable bonds is 8. The van der Waals surface area contributed by atoms with Crippen LogP contribution in [0.1, 0.15) is 11.4 Å². The number of hydrogen-bond donors (Lipinski definition) is 1. The number of anilines is 1. The molecule has 1 aromatic heterocycles. The third-order valence-corrected chi connectivity index (χ3v) is 6.05. The van der Waals surface area contributed by atoms with Gasteiger partial charge in [-0.05, 0) is 39.7 Å². The van der Waals surface area contributed by atoms with E-state index in [-0.39, 0.29) is 11.7 Å². The Balaban J connectivity index is 1.65. The maximum atomic E-state index is 12.3. The van der Waals surface area contributed by atoms with Crippen LogP contribution in [-0.2, 0) is 17.8 Å². The largest absolute Gasteiger partial charge is 0.325 e. The number of nitrogens with one attached hydrogen (secondary N) is 1. The average Bonchev–Trinajstić information content (AvgIpc) is 3.06. The Bertz CT molecular complexity index is 978. The standard InChI is InChI=1S/C20H18BrClN4OS/c1-2-10-26-18(11-14-6-4-3-5-7-14)24-25-20(26)28-13-19(27)23-15-8-9-16(21)17(22)12-15/h2-9,12H,1,10-11,13H2,(H,23,27). The van der Waals surface area contributed by atoms with E-state index in [1.165, 1.54) is 11.8 Å². The molecule has 8 heteroatoms. The number of halogens is 2. The van der Waals surface area contributed by atoms with Gasteiger partial charge in [-0.15, -0.1) is 16.8 Å². The number of carbonyl (C=O) groups is 1. The lowest BCUT2D eigenvalue weighted by atomic mass is 10.1. The summed E-state index contributed by atoms with van der Waals surface area (Å²) in [6, 6.07) is 15.4. The molecule has 0 unspecified atom stereocenters. The first-order valence-electron chi connectivity index (χ1n) is 8.51. The molecule has 0 aliphatic rings. The minimum Gasteiger partial charge on any atom is -0.325 e. The van der Waals surface area contributed by atoms with Crippen LogP contribution in [0.4, 0.5) is 5.69 Å². The van der Waals surface area contributed by atoms with E-state index < -0.39 is 0 Å². The van der Waals surface area contributed by atoms with Crippen LogP contribution in [0.25, 0.3) is 0 Å². The molecule has 144 valence electrons. The van der Waals surface area contributed by atoms with Gasteiger partial charge in [-0.25, -0.2) is 0 Å². The minimum atomic E-state index is -0.138. The van der Waals surface area contributed by atoms with Gasteiger partial charge in [0.1, 0.15) is 5.82 Å². The molecular weight excluding hydrogens is 460 g/mol. The molecule has 0 bridgehead atoms. The summed E-state index contributed by atoms with van der Waals surface area (Å²) in [4.78, 5) is 12.3. The molecule has 0 radical (unpaired) electrons. The molecule has 3 aromatic rings. The van der Waals surface area contributed by atoms with E-state index in [0.717, 1.165) is 15.9 Å². The van der Waals surface area contributed by atoms with E-state index in [4.69, 9.17) is 11.6 Å². The number of nitrogens with zero attached hydrogens (tertiary/aromatic N) is 3. The van der Waals surface area contributed by atoms with Gasteiger partial charge < -0.3 is 9.88 Å². The Labute approximate surface area is 181 Å². The summed E-state index contributed by atoms with van der Waals surface area (Å²) in [5.74, 6) is 0.920. The number of benzene rings is 2. The highest BCUT2D eigenvalue weighted by atomic mass is 79.9. The molecule has 1 heterocycles. The smallest absolute Gasteiger partial charge is 0.234 e. The zero-order valence-electron chi connectivity index (χ0n) is 14.9. The van der Waals surface area contributed by atoms with Crippen molar-refractivity contribution in [3.8, 4) is 0 Å². The van der Waals surface area contributed by atoms with Gasteiger partial charge in [0.25, 0.3) is 0 Å². The number of thioether (sulfide) groups is 1. The van der Waals surface area contributed by atoms with Crippen molar-refractivity contribution in [3.63, 3.8) is 0 Å². The quantitative estimate of drug-likeness (QED) is 0.358. The number of hydrogen-bond acceptors (Lipinski definition) is 4. The Morgan fingerprint density at radius 1 is 1.25 bits per heavy atom. The highest BCUT2D eigenvalue weighted by Gasteiger charge is 2.14. The van der Waals surface area contributed by atoms with Crippen LogP contribution in [0.5, 0.6) is 0 Å². The fourth-order valence-electron chi connectivity index (χ4n) is 2.55. The van der Waals surface area contributed by atoms with Crippen LogP contribution in [0.2, 0.25) is 5.02 Å². The molecular formula is C20H18BrClN4OS. The summed E-state index contributed by atoms with van der Waals surface area (Å²) in [6.45, 7) is 4.39. The molecule has 0 atom stereocenters. The van der Waals surface area contributed by atoms with Crippen LogP contribution in [0, 0.1) is 0 Å². The summed E-state index contributed by atoms with van der Waals surface area (Å²) < 4.78 is 2.76. The van der Waals surface area contributed by atoms with Gasteiger partial charge in [0, 0.05) is 23.1 Å². The highest BCUT2D eigenvalue weighted by Crippen LogP contribution is 2.26. The Morgan fingerprint density at radius 2 is 2.04 bits per heavy atom. The van der Waals surface area contributed by atoms with Crippen LogP contribution in [0.3, 0.4) is 0 Å². The molecule has 0 aliphatic heterocycles. The molecule has 1 amide bonds. The van der Waals surface area contributed by atoms with Gasteiger partial charge in [0.05, 0.1) is 10.8 Å². The van der Waals surface area contributed by atoms with Crippen molar-refractivity contribution in [2.75, 3.05) is 11.1 Å². The third-order valence-electron chi connectivity index (χ3n) is 3.85. The van der Waals surface area contributed by atoms with E-state index >= 15 is 0 Å². The van der Waals surface area contributed by atoms with Gasteiger partial charge in [0.15, 0.2) is 5.16 Å². The molecule has 5 nitrogen and oxygen atoms in total. The lowest BCUT2D eigenvalue weighted by molar-refractivity contribution is -0.113. The Morgan fingerprint density at radius 3 is 2.75 bits per heavy atom. The molecule has 2 aromatic carbocycles. The van der Waals surface area contributed by atoms with Gasteiger partial charge in [-0.1, -0.05) is 59.8 Å². The van der Waals surface area contributed by atoms with E-state index in [9.17, 15) is 4.79 Å². The molecule has 0 fully saturated rings. The highest BCUT2D eigenvalue weighted by molar-refractivity contribution is 9.10. The van der Waals surface area contributed by atoms with Gasteiger partial charge in [-0.2, -0.15) is 0 Å². The minimum absolute atomic E-state index is 0.138. The molecule has 28 heavy (non-hydrogen) atoms. The first-order chi connectivity index (χ1) is 13.6. The Kier molecular flexibility index (Phi) is 7.30. The predicted octanol–water partition coefficient (Wildman–Crippen LogP) is 5.20. The number of carbonyl (C=O) groups excluding carboxylic acids is 1. The second kappa shape index (κ2) is 9.91. The van der Waals surface area contributed by atoms with Crippen molar-refractivity contribution < 1.29 is 4.79 Å². The summed E-state index contributed by atoms with van der Waals surface area (Å²) in [5, 5.41) is 12.6. The second-order valence-corrected chi connectivity index (χ2v) is 8.13. The van der Waals surface area contributed by atoms with Gasteiger partial charge in [-0.3, -0.25) is 4.79 Å². The second-order valence-electron chi connectivity index (χ2n) is 5.93. The molecule has 0 spiro atoms. The van der Waals surface area contributed by atoms with Gasteiger partial charge >= 0.3 is 0 Å². The molecule has 3 rings (SSSR count). The monoisotopic (exact) mass is 476 g/mol. The lowest BCUT2D eigenvalue weighted by Gasteiger charge is -2.09. The van der Waals surface area contributed by atoms with E-state index in [2.05, 4.69) is 50.2 Å². The molecule has 1 N–H and O–H groups in total. The Hall–Kier alpha value is -2.09. The van der Waals surface area contributed by atoms with Crippen molar-refractivity contribution >= 4 is 50.9 Å². The van der Waals surface area contributed by atoms with Gasteiger partial charge in [0.2, 0.25) is 5.91 Å². The van der Waals surface area contributed by atoms with Crippen molar-refractivity contribution in [1.82, 2.24) is 14.8 Å². The van der Waals surface area contributed by atoms with Crippen LogP contribution in [-0.4, -0.2) is 26.4 Å². The van der Waals surface area contributed by atoms with Crippen molar-refractivity contribution in [2.24, 2.45) is 0 Å². The molecule has 0 saturated carbocycles. The van der Waals surface area contributed by atoms with Crippen molar-refractivity contribution in [1.29, 1.82) is 0 Å². The SMILES string of the molecule is C=CCn1c(Cc2ccccc2)nnc1SCC(=O)Nc1ccc(Br)c(Cl)c1. The number of aromatic nitrogens is 3. The molecule has 0 aliphatic carbocycles. The van der Waals surface area contributed by atoms with Crippen molar-refractivity contribution in [3.05, 3.63) is 82.1 Å².